The number of hydrogen-bond donors (Lipinski definition) is 2. The highest BCUT2D eigenvalue weighted by atomic mass is 16.5. The quantitative estimate of drug-likeness (QED) is 0.834. The van der Waals surface area contributed by atoms with E-state index in [-0.39, 0.29) is 18.0 Å². The molecule has 0 fully saturated rings. The Labute approximate surface area is 149 Å². The maximum Gasteiger partial charge on any atom is 0.242 e. The third-order valence-electron chi connectivity index (χ3n) is 4.63. The maximum atomic E-state index is 12.6. The van der Waals surface area contributed by atoms with Gasteiger partial charge in [0.05, 0.1) is 12.6 Å². The Morgan fingerprint density at radius 3 is 2.72 bits per heavy atom. The molecule has 0 spiro atoms. The number of benzene rings is 2. The molecule has 1 aliphatic rings. The number of anilines is 1. The van der Waals surface area contributed by atoms with Gasteiger partial charge in [0.25, 0.3) is 0 Å². The van der Waals surface area contributed by atoms with E-state index in [4.69, 9.17) is 4.74 Å². The lowest BCUT2D eigenvalue weighted by Gasteiger charge is -2.27. The van der Waals surface area contributed by atoms with Gasteiger partial charge in [0, 0.05) is 5.69 Å². The zero-order valence-corrected chi connectivity index (χ0v) is 14.9. The Bertz CT molecular complexity index is 712. The van der Waals surface area contributed by atoms with Gasteiger partial charge in [-0.25, -0.2) is 0 Å². The molecule has 4 nitrogen and oxygen atoms in total. The van der Waals surface area contributed by atoms with E-state index in [1.807, 2.05) is 44.2 Å². The minimum absolute atomic E-state index is 0.0237. The summed E-state index contributed by atoms with van der Waals surface area (Å²) in [5.74, 6) is 0.861. The predicted octanol–water partition coefficient (Wildman–Crippen LogP) is 4.08. The van der Waals surface area contributed by atoms with E-state index in [1.54, 1.807) is 0 Å². The van der Waals surface area contributed by atoms with Crippen molar-refractivity contribution < 1.29 is 9.53 Å². The summed E-state index contributed by atoms with van der Waals surface area (Å²) in [7, 11) is 0. The Kier molecular flexibility index (Phi) is 5.59. The van der Waals surface area contributed by atoms with Crippen LogP contribution in [0, 0.1) is 0 Å². The van der Waals surface area contributed by atoms with E-state index in [2.05, 4.69) is 28.8 Å². The summed E-state index contributed by atoms with van der Waals surface area (Å²) in [5, 5.41) is 6.46. The summed E-state index contributed by atoms with van der Waals surface area (Å²) in [6.07, 6.45) is 3.21. The molecule has 0 radical (unpaired) electrons. The van der Waals surface area contributed by atoms with Crippen LogP contribution in [0.4, 0.5) is 5.69 Å². The van der Waals surface area contributed by atoms with Crippen molar-refractivity contribution in [3.63, 3.8) is 0 Å². The molecule has 2 aromatic carbocycles. The number of rotatable bonds is 6. The Hall–Kier alpha value is -2.49. The Balaban J connectivity index is 1.60. The Morgan fingerprint density at radius 1 is 1.20 bits per heavy atom. The maximum absolute atomic E-state index is 12.6. The number of nitrogens with one attached hydrogen (secondary N) is 2. The average molecular weight is 338 g/mol. The molecule has 0 heterocycles. The molecule has 25 heavy (non-hydrogen) atoms. The fourth-order valence-electron chi connectivity index (χ4n) is 3.33. The number of aryl methyl sites for hydroxylation is 1. The van der Waals surface area contributed by atoms with Crippen LogP contribution in [-0.2, 0) is 11.2 Å². The lowest BCUT2D eigenvalue weighted by Crippen LogP contribution is -2.40. The van der Waals surface area contributed by atoms with Gasteiger partial charge in [-0.15, -0.1) is 0 Å². The van der Waals surface area contributed by atoms with E-state index in [1.165, 1.54) is 11.1 Å². The van der Waals surface area contributed by atoms with Gasteiger partial charge in [0.1, 0.15) is 11.8 Å². The molecule has 132 valence electrons. The van der Waals surface area contributed by atoms with Gasteiger partial charge in [0.2, 0.25) is 5.91 Å². The van der Waals surface area contributed by atoms with Gasteiger partial charge in [-0.2, -0.15) is 0 Å². The molecule has 2 aromatic rings. The SMILES string of the molecule is CCOc1ccc(N[C@@H](C)C(=O)N[C@@H]2CCCc3ccccc32)cc1. The van der Waals surface area contributed by atoms with Crippen LogP contribution in [0.5, 0.6) is 5.75 Å². The molecule has 0 unspecified atom stereocenters. The minimum Gasteiger partial charge on any atom is -0.494 e. The first kappa shape index (κ1) is 17.3. The molecule has 0 saturated heterocycles. The molecular formula is C21H26N2O2. The van der Waals surface area contributed by atoms with Crippen molar-refractivity contribution >= 4 is 11.6 Å². The van der Waals surface area contributed by atoms with Crippen molar-refractivity contribution in [2.45, 2.75) is 45.2 Å². The van der Waals surface area contributed by atoms with Crippen LogP contribution >= 0.6 is 0 Å². The largest absolute Gasteiger partial charge is 0.494 e. The number of carbonyl (C=O) groups excluding carboxylic acids is 1. The normalized spacial score (nSPS) is 17.3. The standard InChI is InChI=1S/C21H26N2O2/c1-3-25-18-13-11-17(12-14-18)22-15(2)21(24)23-20-10-6-8-16-7-4-5-9-19(16)20/h4-5,7,9,11-15,20,22H,3,6,8,10H2,1-2H3,(H,23,24)/t15-,20+/m0/s1. The summed E-state index contributed by atoms with van der Waals surface area (Å²) in [4.78, 5) is 12.6. The second-order valence-corrected chi connectivity index (χ2v) is 6.48. The van der Waals surface area contributed by atoms with Crippen LogP contribution in [0.25, 0.3) is 0 Å². The zero-order chi connectivity index (χ0) is 17.6. The molecule has 2 atom stereocenters. The number of hydrogen-bond acceptors (Lipinski definition) is 3. The highest BCUT2D eigenvalue weighted by Gasteiger charge is 2.23. The highest BCUT2D eigenvalue weighted by molar-refractivity contribution is 5.84. The van der Waals surface area contributed by atoms with Crippen molar-refractivity contribution in [1.82, 2.24) is 5.32 Å². The fraction of sp³-hybridized carbons (Fsp3) is 0.381. The molecule has 3 rings (SSSR count). The van der Waals surface area contributed by atoms with Crippen LogP contribution in [0.2, 0.25) is 0 Å². The number of ether oxygens (including phenoxy) is 1. The molecule has 0 saturated carbocycles. The molecule has 2 N–H and O–H groups in total. The molecule has 4 heteroatoms. The molecular weight excluding hydrogens is 312 g/mol. The van der Waals surface area contributed by atoms with E-state index in [0.717, 1.165) is 30.7 Å². The highest BCUT2D eigenvalue weighted by Crippen LogP contribution is 2.29. The van der Waals surface area contributed by atoms with E-state index >= 15 is 0 Å². The van der Waals surface area contributed by atoms with E-state index < -0.39 is 0 Å². The van der Waals surface area contributed by atoms with Crippen LogP contribution in [0.15, 0.2) is 48.5 Å². The fourth-order valence-corrected chi connectivity index (χ4v) is 3.33. The van der Waals surface area contributed by atoms with Crippen molar-refractivity contribution in [1.29, 1.82) is 0 Å². The average Bonchev–Trinajstić information content (AvgIpc) is 2.64. The lowest BCUT2D eigenvalue weighted by atomic mass is 9.87. The van der Waals surface area contributed by atoms with Gasteiger partial charge in [0.15, 0.2) is 0 Å². The third kappa shape index (κ3) is 4.32. The summed E-state index contributed by atoms with van der Waals surface area (Å²) in [5.41, 5.74) is 3.52. The van der Waals surface area contributed by atoms with Gasteiger partial charge < -0.3 is 15.4 Å². The number of fused-ring (bicyclic) bond motifs is 1. The van der Waals surface area contributed by atoms with Crippen LogP contribution < -0.4 is 15.4 Å². The van der Waals surface area contributed by atoms with Crippen molar-refractivity contribution in [2.75, 3.05) is 11.9 Å². The predicted molar refractivity (Wildman–Crippen MR) is 101 cm³/mol. The summed E-state index contributed by atoms with van der Waals surface area (Å²) >= 11 is 0. The van der Waals surface area contributed by atoms with Gasteiger partial charge >= 0.3 is 0 Å². The summed E-state index contributed by atoms with van der Waals surface area (Å²) < 4.78 is 5.44. The zero-order valence-electron chi connectivity index (χ0n) is 14.9. The van der Waals surface area contributed by atoms with Crippen molar-refractivity contribution in [3.05, 3.63) is 59.7 Å². The van der Waals surface area contributed by atoms with Crippen LogP contribution in [0.3, 0.4) is 0 Å². The lowest BCUT2D eigenvalue weighted by molar-refractivity contribution is -0.122. The molecule has 1 amide bonds. The third-order valence-corrected chi connectivity index (χ3v) is 4.63. The topological polar surface area (TPSA) is 50.4 Å². The number of carbonyl (C=O) groups is 1. The summed E-state index contributed by atoms with van der Waals surface area (Å²) in [6.45, 7) is 4.50. The van der Waals surface area contributed by atoms with Gasteiger partial charge in [-0.3, -0.25) is 4.79 Å². The minimum atomic E-state index is -0.299. The second kappa shape index (κ2) is 8.06. The first-order chi connectivity index (χ1) is 12.2. The van der Waals surface area contributed by atoms with Gasteiger partial charge in [-0.05, 0) is 68.5 Å². The van der Waals surface area contributed by atoms with Gasteiger partial charge in [-0.1, -0.05) is 24.3 Å². The molecule has 0 aromatic heterocycles. The summed E-state index contributed by atoms with van der Waals surface area (Å²) in [6, 6.07) is 15.9. The molecule has 0 aliphatic heterocycles. The smallest absolute Gasteiger partial charge is 0.242 e. The first-order valence-electron chi connectivity index (χ1n) is 9.05. The molecule has 0 bridgehead atoms. The van der Waals surface area contributed by atoms with Crippen molar-refractivity contribution in [2.24, 2.45) is 0 Å². The van der Waals surface area contributed by atoms with Crippen LogP contribution in [-0.4, -0.2) is 18.6 Å². The molecule has 1 aliphatic carbocycles. The van der Waals surface area contributed by atoms with Crippen LogP contribution in [0.1, 0.15) is 43.9 Å². The van der Waals surface area contributed by atoms with Crippen molar-refractivity contribution in [3.8, 4) is 5.75 Å². The Morgan fingerprint density at radius 2 is 1.96 bits per heavy atom. The number of amides is 1. The van der Waals surface area contributed by atoms with E-state index in [9.17, 15) is 4.79 Å². The van der Waals surface area contributed by atoms with E-state index in [0.29, 0.717) is 6.61 Å². The monoisotopic (exact) mass is 338 g/mol. The first-order valence-corrected chi connectivity index (χ1v) is 9.05. The second-order valence-electron chi connectivity index (χ2n) is 6.48.